The summed E-state index contributed by atoms with van der Waals surface area (Å²) in [4.78, 5) is 77.0. The second-order valence-electron chi connectivity index (χ2n) is 20.0. The van der Waals surface area contributed by atoms with Crippen LogP contribution in [0.4, 0.5) is 0 Å². The van der Waals surface area contributed by atoms with Gasteiger partial charge in [-0.15, -0.1) is 0 Å². The van der Waals surface area contributed by atoms with Crippen molar-refractivity contribution in [3.05, 3.63) is 182 Å². The van der Waals surface area contributed by atoms with Crippen molar-refractivity contribution in [1.82, 2.24) is 79.7 Å². The maximum absolute atomic E-state index is 5.42. The highest BCUT2D eigenvalue weighted by molar-refractivity contribution is 6.15. The number of hydrogen-bond acceptors (Lipinski definition) is 12. The molecule has 0 aliphatic carbocycles. The zero-order chi connectivity index (χ0) is 52.2. The molecule has 0 unspecified atom stereocenters. The van der Waals surface area contributed by atoms with Crippen molar-refractivity contribution >= 4 is 88.3 Å². The maximum atomic E-state index is 5.42. The van der Waals surface area contributed by atoms with Crippen LogP contribution in [-0.4, -0.2) is 79.7 Å². The Morgan fingerprint density at radius 2 is 0.438 bits per heavy atom. The largest absolute Gasteiger partial charge is 0.324 e. The van der Waals surface area contributed by atoms with E-state index in [2.05, 4.69) is 50.3 Å². The molecule has 0 radical (unpaired) electrons. The topological polar surface area (TPSA) is 218 Å². The van der Waals surface area contributed by atoms with Crippen LogP contribution in [0.5, 0.6) is 0 Å². The molecular formula is C64H34N16. The summed E-state index contributed by atoms with van der Waals surface area (Å²) in [5, 5.41) is 6.98. The van der Waals surface area contributed by atoms with E-state index in [9.17, 15) is 0 Å². The smallest absolute Gasteiger partial charge is 0.164 e. The van der Waals surface area contributed by atoms with Crippen LogP contribution in [0.1, 0.15) is 0 Å². The second-order valence-corrected chi connectivity index (χ2v) is 20.0. The lowest BCUT2D eigenvalue weighted by molar-refractivity contribution is 1.19. The average Bonchev–Trinajstić information content (AvgIpc) is 4.55. The highest BCUT2D eigenvalue weighted by atomic mass is 15.1. The van der Waals surface area contributed by atoms with Gasteiger partial charge in [0.25, 0.3) is 0 Å². The summed E-state index contributed by atoms with van der Waals surface area (Å²) in [6.07, 6.45) is 0. The highest BCUT2D eigenvalue weighted by Gasteiger charge is 2.26. The minimum absolute atomic E-state index is 0.509. The molecule has 0 spiro atoms. The van der Waals surface area contributed by atoms with E-state index in [-0.39, 0.29) is 0 Å². The lowest BCUT2D eigenvalue weighted by atomic mass is 9.99. The Labute approximate surface area is 450 Å². The van der Waals surface area contributed by atoms with Gasteiger partial charge in [0.1, 0.15) is 45.2 Å². The fourth-order valence-electron chi connectivity index (χ4n) is 11.7. The maximum Gasteiger partial charge on any atom is 0.164 e. The summed E-state index contributed by atoms with van der Waals surface area (Å²) < 4.78 is 0. The molecule has 4 N–H and O–H groups in total. The van der Waals surface area contributed by atoms with Crippen LogP contribution in [0.25, 0.3) is 190 Å². The Morgan fingerprint density at radius 3 is 0.787 bits per heavy atom. The van der Waals surface area contributed by atoms with Gasteiger partial charge in [0.15, 0.2) is 46.6 Å². The van der Waals surface area contributed by atoms with E-state index in [1.807, 2.05) is 152 Å². The number of fused-ring (bicyclic) bond motifs is 40. The Balaban J connectivity index is 0.929. The Bertz CT molecular complexity index is 5460. The number of rotatable bonds is 1. The van der Waals surface area contributed by atoms with Gasteiger partial charge in [-0.3, -0.25) is 0 Å². The lowest BCUT2D eigenvalue weighted by Gasteiger charge is -2.05. The van der Waals surface area contributed by atoms with E-state index in [1.165, 1.54) is 0 Å². The number of H-pyrrole nitrogens is 4. The Hall–Kier alpha value is -11.5. The van der Waals surface area contributed by atoms with Gasteiger partial charge in [-0.2, -0.15) is 0 Å². The third-order valence-corrected chi connectivity index (χ3v) is 15.4. The number of hydrogen-bond donors (Lipinski definition) is 4. The molecule has 0 saturated heterocycles. The molecule has 16 heteroatoms. The van der Waals surface area contributed by atoms with Crippen LogP contribution in [0.2, 0.25) is 0 Å². The van der Waals surface area contributed by atoms with Crippen LogP contribution in [-0.2, 0) is 0 Å². The first-order valence-electron chi connectivity index (χ1n) is 26.1. The van der Waals surface area contributed by atoms with Gasteiger partial charge in [0, 0.05) is 87.6 Å². The second kappa shape index (κ2) is 16.0. The van der Waals surface area contributed by atoms with Crippen LogP contribution in [0.3, 0.4) is 0 Å². The molecule has 0 atom stereocenters. The predicted molar refractivity (Wildman–Crippen MR) is 311 cm³/mol. The van der Waals surface area contributed by atoms with Crippen LogP contribution >= 0.6 is 0 Å². The monoisotopic (exact) mass is 1030 g/mol. The van der Waals surface area contributed by atoms with Gasteiger partial charge in [-0.25, -0.2) is 59.8 Å². The van der Waals surface area contributed by atoms with E-state index in [4.69, 9.17) is 59.8 Å². The quantitative estimate of drug-likeness (QED) is 0.121. The first kappa shape index (κ1) is 42.7. The SMILES string of the molecule is c1ccc2c(c1)-c1nc-2nc2[nH]c(nc3nc(nc4[nH]c(n1)c1ccccc41)-c1ccccc1-3)c1cc(-c3cccc4c5nc6nc(nc7[nH]c(nc8nc(nc([nH]5)c34)-c3ccccc3-8)c3ccccc73)-c3ccccc3-6)ccc21. The molecule has 0 saturated carbocycles. The Kier molecular flexibility index (Phi) is 8.54. The van der Waals surface area contributed by atoms with Crippen molar-refractivity contribution in [2.75, 3.05) is 0 Å². The number of aromatic amines is 4. The van der Waals surface area contributed by atoms with Crippen molar-refractivity contribution in [2.24, 2.45) is 0 Å². The standard InChI is InChI=1S/C64H34N16/c1-2-15-34-33(14-1)49-65-51(34)69-55-40-21-8-10-23-42(40)59(73-55)77-63-47-30-31(28-29-45(47)61(78-63)75-57-38-19-6-5-18-37(38)53(67-49)71-57)32-26-13-27-46-48(32)64-79-60-44-25-12-11-24-43(44)56(74-60)70-52-36-17-4-3-16-35(36)50(66-52)68-54-39-20-7-9-22-41(39)58(72-54)76-62(46)80-64/h1-30H,(H2,65,67,69,71,73,75,77,78)(H2,66,68,70,72,74,76,79,80). The van der Waals surface area contributed by atoms with E-state index >= 15 is 0 Å². The molecule has 6 aromatic heterocycles. The van der Waals surface area contributed by atoms with E-state index in [0.717, 1.165) is 98.7 Å². The zero-order valence-electron chi connectivity index (χ0n) is 41.7. The first-order valence-corrected chi connectivity index (χ1v) is 26.1. The molecular weight excluding hydrogens is 993 g/mol. The number of nitrogens with zero attached hydrogens (tertiary/aromatic N) is 12. The van der Waals surface area contributed by atoms with Gasteiger partial charge in [0.05, 0.1) is 0 Å². The van der Waals surface area contributed by atoms with Crippen molar-refractivity contribution in [3.8, 4) is 102 Å². The summed E-state index contributed by atoms with van der Waals surface area (Å²) in [6, 6.07) is 60.9. The van der Waals surface area contributed by atoms with E-state index in [0.29, 0.717) is 91.8 Å². The van der Waals surface area contributed by atoms with Crippen LogP contribution in [0, 0.1) is 0 Å². The summed E-state index contributed by atoms with van der Waals surface area (Å²) in [7, 11) is 0. The summed E-state index contributed by atoms with van der Waals surface area (Å²) in [5.74, 6) is 4.21. The van der Waals surface area contributed by atoms with Crippen molar-refractivity contribution in [1.29, 1.82) is 0 Å². The first-order chi connectivity index (χ1) is 39.6. The molecule has 0 amide bonds. The molecule has 14 aromatic rings. The van der Waals surface area contributed by atoms with Gasteiger partial charge < -0.3 is 19.9 Å². The van der Waals surface area contributed by atoms with Gasteiger partial charge in [-0.05, 0) is 23.3 Å². The van der Waals surface area contributed by atoms with E-state index in [1.54, 1.807) is 0 Å². The molecule has 4 aliphatic heterocycles. The number of benzene rings is 8. The summed E-state index contributed by atoms with van der Waals surface area (Å²) >= 11 is 0. The van der Waals surface area contributed by atoms with E-state index < -0.39 is 0 Å². The Morgan fingerprint density at radius 1 is 0.188 bits per heavy atom. The van der Waals surface area contributed by atoms with Gasteiger partial charge >= 0.3 is 0 Å². The van der Waals surface area contributed by atoms with Crippen molar-refractivity contribution < 1.29 is 0 Å². The predicted octanol–water partition coefficient (Wildman–Crippen LogP) is 13.7. The molecule has 370 valence electrons. The van der Waals surface area contributed by atoms with Gasteiger partial charge in [-0.1, -0.05) is 170 Å². The summed E-state index contributed by atoms with van der Waals surface area (Å²) in [6.45, 7) is 0. The fourth-order valence-corrected chi connectivity index (χ4v) is 11.7. The minimum Gasteiger partial charge on any atom is -0.324 e. The third-order valence-electron chi connectivity index (χ3n) is 15.4. The molecule has 4 aliphatic rings. The minimum atomic E-state index is 0.509. The molecule has 18 rings (SSSR count). The molecule has 0 fully saturated rings. The normalized spacial score (nSPS) is 12.2. The van der Waals surface area contributed by atoms with Crippen LogP contribution in [0.15, 0.2) is 182 Å². The molecule has 16 nitrogen and oxygen atoms in total. The molecule has 16 bridgehead atoms. The van der Waals surface area contributed by atoms with Crippen LogP contribution < -0.4 is 0 Å². The average molecular weight is 1030 g/mol. The van der Waals surface area contributed by atoms with Gasteiger partial charge in [0.2, 0.25) is 0 Å². The zero-order valence-corrected chi connectivity index (χ0v) is 41.7. The van der Waals surface area contributed by atoms with Crippen molar-refractivity contribution in [2.45, 2.75) is 0 Å². The highest BCUT2D eigenvalue weighted by Crippen LogP contribution is 2.42. The third kappa shape index (κ3) is 6.25. The summed E-state index contributed by atoms with van der Waals surface area (Å²) in [5.41, 5.74) is 13.5. The fraction of sp³-hybridized carbons (Fsp3) is 0. The van der Waals surface area contributed by atoms with Crippen molar-refractivity contribution in [3.63, 3.8) is 0 Å². The number of aromatic nitrogens is 16. The number of nitrogens with one attached hydrogen (secondary N) is 4. The molecule has 8 aromatic carbocycles. The molecule has 80 heavy (non-hydrogen) atoms. The molecule has 10 heterocycles. The lowest BCUT2D eigenvalue weighted by Crippen LogP contribution is -1.84.